The molecule has 0 unspecified atom stereocenters. The molecular formula is C20H28N6O3. The van der Waals surface area contributed by atoms with E-state index < -0.39 is 0 Å². The zero-order valence-electron chi connectivity index (χ0n) is 17.1. The molecule has 1 aromatic carbocycles. The van der Waals surface area contributed by atoms with Crippen LogP contribution in [0.25, 0.3) is 0 Å². The predicted octanol–water partition coefficient (Wildman–Crippen LogP) is 1.43. The minimum atomic E-state index is 0.316. The topological polar surface area (TPSA) is 88.2 Å². The Kier molecular flexibility index (Phi) is 6.14. The first kappa shape index (κ1) is 19.5. The standard InChI is InChI=1S/C20H28N6O3/c1-3-21-20(22-7-6-19-23-15(2)24-29-19)26-10-8-25(9-11-26)13-16-4-5-17-18(12-16)28-14-27-17/h4-5,12H,3,6-11,13-14H2,1-2H3,(H,21,22). The Balaban J connectivity index is 1.28. The van der Waals surface area contributed by atoms with Gasteiger partial charge in [0.25, 0.3) is 0 Å². The maximum absolute atomic E-state index is 5.49. The fourth-order valence-electron chi connectivity index (χ4n) is 3.54. The van der Waals surface area contributed by atoms with Gasteiger partial charge in [-0.3, -0.25) is 9.89 Å². The van der Waals surface area contributed by atoms with Crippen LogP contribution in [0.1, 0.15) is 24.2 Å². The molecule has 1 aromatic heterocycles. The zero-order chi connectivity index (χ0) is 20.1. The summed E-state index contributed by atoms with van der Waals surface area (Å²) in [6.07, 6.45) is 0.653. The van der Waals surface area contributed by atoms with E-state index in [1.807, 2.05) is 13.0 Å². The maximum atomic E-state index is 5.49. The highest BCUT2D eigenvalue weighted by atomic mass is 16.7. The quantitative estimate of drug-likeness (QED) is 0.576. The number of piperazine rings is 1. The van der Waals surface area contributed by atoms with Crippen molar-refractivity contribution in [2.24, 2.45) is 4.99 Å². The van der Waals surface area contributed by atoms with Crippen LogP contribution in [0.5, 0.6) is 11.5 Å². The number of aryl methyl sites for hydroxylation is 1. The summed E-state index contributed by atoms with van der Waals surface area (Å²) in [6.45, 7) is 10.5. The first-order valence-electron chi connectivity index (χ1n) is 10.1. The SMILES string of the molecule is CCNC(=NCCc1nc(C)no1)N1CCN(Cc2ccc3c(c2)OCO3)CC1. The normalized spacial score (nSPS) is 17.0. The molecule has 4 rings (SSSR count). The van der Waals surface area contributed by atoms with Crippen LogP contribution in [-0.2, 0) is 13.0 Å². The third-order valence-electron chi connectivity index (χ3n) is 5.01. The number of fused-ring (bicyclic) bond motifs is 1. The van der Waals surface area contributed by atoms with Gasteiger partial charge in [0.1, 0.15) is 0 Å². The molecule has 3 heterocycles. The lowest BCUT2D eigenvalue weighted by atomic mass is 10.1. The highest BCUT2D eigenvalue weighted by Crippen LogP contribution is 2.32. The van der Waals surface area contributed by atoms with E-state index in [1.54, 1.807) is 0 Å². The summed E-state index contributed by atoms with van der Waals surface area (Å²) in [5, 5.41) is 7.22. The largest absolute Gasteiger partial charge is 0.454 e. The van der Waals surface area contributed by atoms with Crippen LogP contribution >= 0.6 is 0 Å². The van der Waals surface area contributed by atoms with Crippen molar-refractivity contribution in [2.45, 2.75) is 26.8 Å². The smallest absolute Gasteiger partial charge is 0.231 e. The number of hydrogen-bond donors (Lipinski definition) is 1. The molecule has 0 spiro atoms. The molecule has 0 amide bonds. The Morgan fingerprint density at radius 3 is 2.76 bits per heavy atom. The third-order valence-corrected chi connectivity index (χ3v) is 5.01. The van der Waals surface area contributed by atoms with Crippen LogP contribution in [-0.4, -0.2) is 72.0 Å². The van der Waals surface area contributed by atoms with Crippen LogP contribution in [0, 0.1) is 6.92 Å². The number of aliphatic imine (C=N–C) groups is 1. The number of aromatic nitrogens is 2. The lowest BCUT2D eigenvalue weighted by Crippen LogP contribution is -2.52. The first-order chi connectivity index (χ1) is 14.2. The third kappa shape index (κ3) is 4.97. The van der Waals surface area contributed by atoms with Crippen molar-refractivity contribution in [2.75, 3.05) is 46.1 Å². The summed E-state index contributed by atoms with van der Waals surface area (Å²) in [5.74, 6) is 3.93. The lowest BCUT2D eigenvalue weighted by molar-refractivity contribution is 0.171. The Morgan fingerprint density at radius 1 is 1.17 bits per heavy atom. The number of rotatable bonds is 6. The highest BCUT2D eigenvalue weighted by molar-refractivity contribution is 5.80. The molecular weight excluding hydrogens is 372 g/mol. The van der Waals surface area contributed by atoms with Gasteiger partial charge in [-0.2, -0.15) is 4.98 Å². The van der Waals surface area contributed by atoms with Crippen LogP contribution in [0.4, 0.5) is 0 Å². The summed E-state index contributed by atoms with van der Waals surface area (Å²) < 4.78 is 16.0. The van der Waals surface area contributed by atoms with Gasteiger partial charge in [-0.05, 0) is 31.5 Å². The molecule has 2 aliphatic heterocycles. The van der Waals surface area contributed by atoms with Crippen molar-refractivity contribution < 1.29 is 14.0 Å². The molecule has 1 saturated heterocycles. The Bertz CT molecular complexity index is 844. The second kappa shape index (κ2) is 9.13. The molecule has 2 aromatic rings. The fraction of sp³-hybridized carbons (Fsp3) is 0.550. The van der Waals surface area contributed by atoms with Gasteiger partial charge < -0.3 is 24.2 Å². The molecule has 0 atom stereocenters. The first-order valence-corrected chi connectivity index (χ1v) is 10.1. The molecule has 0 radical (unpaired) electrons. The summed E-state index contributed by atoms with van der Waals surface area (Å²) >= 11 is 0. The fourth-order valence-corrected chi connectivity index (χ4v) is 3.54. The van der Waals surface area contributed by atoms with E-state index >= 15 is 0 Å². The second-order valence-electron chi connectivity index (χ2n) is 7.17. The molecule has 9 nitrogen and oxygen atoms in total. The maximum Gasteiger partial charge on any atom is 0.231 e. The predicted molar refractivity (Wildman–Crippen MR) is 108 cm³/mol. The molecule has 1 N–H and O–H groups in total. The van der Waals surface area contributed by atoms with E-state index in [0.29, 0.717) is 31.5 Å². The number of benzene rings is 1. The van der Waals surface area contributed by atoms with Gasteiger partial charge in [0.2, 0.25) is 12.7 Å². The Morgan fingerprint density at radius 2 is 2.00 bits per heavy atom. The summed E-state index contributed by atoms with van der Waals surface area (Å²) in [4.78, 5) is 13.8. The van der Waals surface area contributed by atoms with Gasteiger partial charge in [-0.15, -0.1) is 0 Å². The van der Waals surface area contributed by atoms with Crippen LogP contribution in [0.15, 0.2) is 27.7 Å². The Hall–Kier alpha value is -2.81. The summed E-state index contributed by atoms with van der Waals surface area (Å²) in [6, 6.07) is 6.19. The van der Waals surface area contributed by atoms with Crippen molar-refractivity contribution in [1.82, 2.24) is 25.3 Å². The van der Waals surface area contributed by atoms with Gasteiger partial charge in [0, 0.05) is 45.7 Å². The van der Waals surface area contributed by atoms with E-state index in [0.717, 1.165) is 56.7 Å². The van der Waals surface area contributed by atoms with E-state index in [-0.39, 0.29) is 0 Å². The van der Waals surface area contributed by atoms with Gasteiger partial charge in [-0.1, -0.05) is 11.2 Å². The molecule has 156 valence electrons. The molecule has 2 aliphatic rings. The van der Waals surface area contributed by atoms with Gasteiger partial charge in [-0.25, -0.2) is 0 Å². The molecule has 1 fully saturated rings. The van der Waals surface area contributed by atoms with Crippen LogP contribution < -0.4 is 14.8 Å². The van der Waals surface area contributed by atoms with Crippen molar-refractivity contribution in [3.63, 3.8) is 0 Å². The average molecular weight is 400 g/mol. The molecule has 9 heteroatoms. The van der Waals surface area contributed by atoms with Crippen molar-refractivity contribution >= 4 is 5.96 Å². The van der Waals surface area contributed by atoms with Crippen LogP contribution in [0.3, 0.4) is 0 Å². The van der Waals surface area contributed by atoms with Crippen molar-refractivity contribution in [3.05, 3.63) is 35.5 Å². The summed E-state index contributed by atoms with van der Waals surface area (Å²) in [7, 11) is 0. The molecule has 0 bridgehead atoms. The zero-order valence-corrected chi connectivity index (χ0v) is 17.1. The second-order valence-corrected chi connectivity index (χ2v) is 7.17. The molecule has 0 aliphatic carbocycles. The number of ether oxygens (including phenoxy) is 2. The minimum absolute atomic E-state index is 0.316. The van der Waals surface area contributed by atoms with E-state index in [2.05, 4.69) is 44.3 Å². The van der Waals surface area contributed by atoms with Crippen LogP contribution in [0.2, 0.25) is 0 Å². The lowest BCUT2D eigenvalue weighted by Gasteiger charge is -2.36. The number of hydrogen-bond acceptors (Lipinski definition) is 7. The Labute approximate surface area is 170 Å². The number of nitrogens with one attached hydrogen (secondary N) is 1. The molecule has 0 saturated carbocycles. The van der Waals surface area contributed by atoms with Crippen molar-refractivity contribution in [3.8, 4) is 11.5 Å². The van der Waals surface area contributed by atoms with Gasteiger partial charge in [0.15, 0.2) is 23.3 Å². The molecule has 29 heavy (non-hydrogen) atoms. The van der Waals surface area contributed by atoms with E-state index in [4.69, 9.17) is 19.0 Å². The number of nitrogens with zero attached hydrogens (tertiary/aromatic N) is 5. The van der Waals surface area contributed by atoms with E-state index in [9.17, 15) is 0 Å². The number of guanidine groups is 1. The summed E-state index contributed by atoms with van der Waals surface area (Å²) in [5.41, 5.74) is 1.25. The highest BCUT2D eigenvalue weighted by Gasteiger charge is 2.21. The van der Waals surface area contributed by atoms with E-state index in [1.165, 1.54) is 5.56 Å². The van der Waals surface area contributed by atoms with Gasteiger partial charge >= 0.3 is 0 Å². The average Bonchev–Trinajstić information content (AvgIpc) is 3.36. The van der Waals surface area contributed by atoms with Gasteiger partial charge in [0.05, 0.1) is 6.54 Å². The van der Waals surface area contributed by atoms with Crippen molar-refractivity contribution in [1.29, 1.82) is 0 Å². The monoisotopic (exact) mass is 400 g/mol. The minimum Gasteiger partial charge on any atom is -0.454 e.